The van der Waals surface area contributed by atoms with Crippen molar-refractivity contribution in [2.75, 3.05) is 0 Å². The van der Waals surface area contributed by atoms with E-state index in [4.69, 9.17) is 4.74 Å². The maximum Gasteiger partial charge on any atom is 0.321 e. The van der Waals surface area contributed by atoms with Crippen molar-refractivity contribution in [1.29, 1.82) is 0 Å². The van der Waals surface area contributed by atoms with Gasteiger partial charge in [0.15, 0.2) is 0 Å². The molecule has 4 aromatic carbocycles. The molecular weight excluding hydrogens is 777 g/mol. The van der Waals surface area contributed by atoms with Crippen LogP contribution in [0.1, 0.15) is 115 Å². The van der Waals surface area contributed by atoms with Crippen LogP contribution < -0.4 is 0 Å². The molecule has 0 fully saturated rings. The van der Waals surface area contributed by atoms with Gasteiger partial charge in [0, 0.05) is 44.0 Å². The van der Waals surface area contributed by atoms with Crippen molar-refractivity contribution in [2.45, 2.75) is 137 Å². The smallest absolute Gasteiger partial charge is 0.321 e. The fraction of sp³-hybridized carbons (Fsp3) is 0.480. The Balaban J connectivity index is 1.80. The highest BCUT2D eigenvalue weighted by Crippen LogP contribution is 2.52. The van der Waals surface area contributed by atoms with E-state index in [2.05, 4.69) is 163 Å². The van der Waals surface area contributed by atoms with E-state index in [0.717, 1.165) is 61.5 Å². The highest BCUT2D eigenvalue weighted by atomic mass is 32.2. The van der Waals surface area contributed by atoms with Gasteiger partial charge in [-0.2, -0.15) is 47.0 Å². The van der Waals surface area contributed by atoms with E-state index < -0.39 is 10.8 Å². The van der Waals surface area contributed by atoms with Gasteiger partial charge in [0.1, 0.15) is 0 Å². The fourth-order valence-corrected chi connectivity index (χ4v) is 14.7. The quantitative estimate of drug-likeness (QED) is 0.0461. The van der Waals surface area contributed by atoms with E-state index in [1.807, 2.05) is 47.0 Å². The lowest BCUT2D eigenvalue weighted by atomic mass is 9.73. The monoisotopic (exact) mass is 842 g/mol. The van der Waals surface area contributed by atoms with Crippen molar-refractivity contribution in [3.63, 3.8) is 0 Å². The minimum absolute atomic E-state index is 0.0318. The molecule has 4 rings (SSSR count). The Morgan fingerprint density at radius 1 is 0.421 bits per heavy atom. The van der Waals surface area contributed by atoms with Gasteiger partial charge in [0.05, 0.1) is 10.8 Å². The van der Waals surface area contributed by atoms with Crippen LogP contribution in [0, 0.1) is 10.8 Å². The Bertz CT molecular complexity index is 1470. The second kappa shape index (κ2) is 25.1. The molecule has 0 saturated carbocycles. The molecule has 0 radical (unpaired) electrons. The predicted molar refractivity (Wildman–Crippen MR) is 253 cm³/mol. The molecule has 0 N–H and O–H groups in total. The van der Waals surface area contributed by atoms with Gasteiger partial charge in [-0.05, 0) is 60.8 Å². The Morgan fingerprint density at radius 2 is 0.649 bits per heavy atom. The molecule has 4 unspecified atom stereocenters. The van der Waals surface area contributed by atoms with Crippen LogP contribution in [0.2, 0.25) is 0 Å². The summed E-state index contributed by atoms with van der Waals surface area (Å²) < 4.78 is 6.69. The molecule has 0 heterocycles. The van der Waals surface area contributed by atoms with Crippen molar-refractivity contribution in [2.24, 2.45) is 10.8 Å². The number of carbonyl (C=O) groups is 2. The van der Waals surface area contributed by atoms with Crippen LogP contribution in [0.25, 0.3) is 0 Å². The average Bonchev–Trinajstić information content (AvgIpc) is 3.25. The molecule has 0 aliphatic heterocycles. The third-order valence-electron chi connectivity index (χ3n) is 11.2. The molecule has 0 amide bonds. The molecule has 0 aliphatic rings. The number of hydrogen-bond donors (Lipinski definition) is 0. The lowest BCUT2D eigenvalue weighted by molar-refractivity contribution is -0.175. The van der Waals surface area contributed by atoms with Crippen LogP contribution in [0.15, 0.2) is 121 Å². The lowest BCUT2D eigenvalue weighted by Gasteiger charge is -2.46. The molecule has 4 atom stereocenters. The van der Waals surface area contributed by atoms with E-state index in [0.29, 0.717) is 12.8 Å². The van der Waals surface area contributed by atoms with Gasteiger partial charge in [0.2, 0.25) is 0 Å². The molecule has 0 spiro atoms. The summed E-state index contributed by atoms with van der Waals surface area (Å²) in [5.74, 6) is 2.56. The number of ether oxygens (including phenoxy) is 1. The predicted octanol–water partition coefficient (Wildman–Crippen LogP) is 14.5. The van der Waals surface area contributed by atoms with Crippen molar-refractivity contribution in [3.05, 3.63) is 144 Å². The zero-order valence-corrected chi connectivity index (χ0v) is 38.5. The maximum absolute atomic E-state index is 15.6. The zero-order valence-electron chi connectivity index (χ0n) is 35.2. The second-order valence-electron chi connectivity index (χ2n) is 15.0. The summed E-state index contributed by atoms with van der Waals surface area (Å²) in [5.41, 5.74) is 3.25. The molecule has 57 heavy (non-hydrogen) atoms. The number of hydrogen-bond acceptors (Lipinski definition) is 7. The molecule has 7 heteroatoms. The summed E-state index contributed by atoms with van der Waals surface area (Å²) in [4.78, 5) is 31.3. The average molecular weight is 843 g/mol. The van der Waals surface area contributed by atoms with Crippen LogP contribution in [0.4, 0.5) is 0 Å². The lowest BCUT2D eigenvalue weighted by Crippen LogP contribution is -2.54. The largest absolute Gasteiger partial charge is 0.392 e. The summed E-state index contributed by atoms with van der Waals surface area (Å²) in [7, 11) is 0. The van der Waals surface area contributed by atoms with Crippen LogP contribution in [-0.2, 0) is 37.3 Å². The number of carbonyl (C=O) groups excluding carboxylic acids is 2. The van der Waals surface area contributed by atoms with Crippen molar-refractivity contribution < 1.29 is 14.3 Å². The Labute approximate surface area is 362 Å². The Hall–Kier alpha value is -2.58. The van der Waals surface area contributed by atoms with Crippen LogP contribution in [0.3, 0.4) is 0 Å². The van der Waals surface area contributed by atoms with Crippen LogP contribution in [-0.4, -0.2) is 32.9 Å². The van der Waals surface area contributed by atoms with Crippen LogP contribution >= 0.6 is 47.0 Å². The summed E-state index contributed by atoms with van der Waals surface area (Å²) >= 11 is 7.44. The summed E-state index contributed by atoms with van der Waals surface area (Å²) in [6.07, 6.45) is 6.19. The van der Waals surface area contributed by atoms with E-state index >= 15 is 9.59 Å². The number of esters is 2. The highest BCUT2D eigenvalue weighted by Gasteiger charge is 2.56. The molecule has 3 nitrogen and oxygen atoms in total. The minimum Gasteiger partial charge on any atom is -0.392 e. The third kappa shape index (κ3) is 12.7. The zero-order chi connectivity index (χ0) is 40.9. The Kier molecular flexibility index (Phi) is 20.8. The van der Waals surface area contributed by atoms with Gasteiger partial charge in [0.25, 0.3) is 0 Å². The van der Waals surface area contributed by atoms with Crippen LogP contribution in [0.5, 0.6) is 0 Å². The minimum atomic E-state index is -0.859. The molecule has 0 saturated heterocycles. The van der Waals surface area contributed by atoms with Gasteiger partial charge < -0.3 is 4.74 Å². The highest BCUT2D eigenvalue weighted by molar-refractivity contribution is 8.00. The summed E-state index contributed by atoms with van der Waals surface area (Å²) in [5, 5.41) is -0.127. The topological polar surface area (TPSA) is 43.4 Å². The van der Waals surface area contributed by atoms with E-state index in [9.17, 15) is 0 Å². The van der Waals surface area contributed by atoms with E-state index in [-0.39, 0.29) is 32.9 Å². The maximum atomic E-state index is 15.6. The molecule has 0 aromatic heterocycles. The molecular formula is C50H66O3S4. The second-order valence-corrected chi connectivity index (χ2v) is 19.8. The van der Waals surface area contributed by atoms with Crippen molar-refractivity contribution in [3.8, 4) is 0 Å². The van der Waals surface area contributed by atoms with Gasteiger partial charge in [-0.25, -0.2) is 0 Å². The number of rotatable bonds is 26. The third-order valence-corrected chi connectivity index (χ3v) is 17.9. The SMILES string of the molecule is CCCC(C(=O)OC(=O)C(CCC)(C(CC)SCc1ccccc1)C(CC)SCc1ccccc1)(C(CC)SCc1ccccc1)C(CC)SCc1ccccc1. The van der Waals surface area contributed by atoms with E-state index in [1.54, 1.807) is 0 Å². The first-order valence-electron chi connectivity index (χ1n) is 21.2. The van der Waals surface area contributed by atoms with Gasteiger partial charge in [-0.3, -0.25) is 9.59 Å². The number of thioether (sulfide) groups is 4. The van der Waals surface area contributed by atoms with Gasteiger partial charge in [-0.15, -0.1) is 0 Å². The first-order valence-corrected chi connectivity index (χ1v) is 25.4. The Morgan fingerprint density at radius 3 is 0.842 bits per heavy atom. The first-order chi connectivity index (χ1) is 27.8. The standard InChI is InChI=1S/C50H66O3S4/c1-7-33-49(43(9-3)54-35-39-25-17-13-18-26-39,44(10-4)55-36-40-27-19-14-20-28-40)47(51)53-48(52)50(34-8-2,45(11-5)56-37-41-29-21-15-22-30-41)46(12-6)57-38-42-31-23-16-24-32-42/h13-32,43-46H,7-12,33-38H2,1-6H3. The molecule has 4 aromatic rings. The van der Waals surface area contributed by atoms with Gasteiger partial charge >= 0.3 is 11.9 Å². The summed E-state index contributed by atoms with van der Waals surface area (Å²) in [6, 6.07) is 42.2. The van der Waals surface area contributed by atoms with Crippen molar-refractivity contribution in [1.82, 2.24) is 0 Å². The van der Waals surface area contributed by atoms with E-state index in [1.165, 1.54) is 22.3 Å². The normalized spacial score (nSPS) is 15.8. The molecule has 308 valence electrons. The molecule has 0 aliphatic carbocycles. The summed E-state index contributed by atoms with van der Waals surface area (Å²) in [6.45, 7) is 13.2. The first kappa shape index (κ1) is 47.1. The fourth-order valence-electron chi connectivity index (χ4n) is 8.50. The van der Waals surface area contributed by atoms with Gasteiger partial charge in [-0.1, -0.05) is 176 Å². The van der Waals surface area contributed by atoms with Crippen molar-refractivity contribution >= 4 is 59.0 Å². The number of benzene rings is 4. The molecule has 0 bridgehead atoms.